The van der Waals surface area contributed by atoms with Crippen molar-refractivity contribution in [3.63, 3.8) is 0 Å². The minimum atomic E-state index is 0.558. The summed E-state index contributed by atoms with van der Waals surface area (Å²) in [6.45, 7) is 15.4. The van der Waals surface area contributed by atoms with Crippen LogP contribution in [0.3, 0.4) is 0 Å². The van der Waals surface area contributed by atoms with Gasteiger partial charge in [0.15, 0.2) is 0 Å². The third kappa shape index (κ3) is 5.13. The molecule has 2 nitrogen and oxygen atoms in total. The van der Waals surface area contributed by atoms with Crippen LogP contribution in [0.1, 0.15) is 40.0 Å². The van der Waals surface area contributed by atoms with Crippen LogP contribution in [0.5, 0.6) is 0 Å². The van der Waals surface area contributed by atoms with E-state index in [1.165, 1.54) is 37.9 Å². The Morgan fingerprint density at radius 1 is 1.38 bits per heavy atom. The number of hydrogen-bond acceptors (Lipinski definition) is 2. The van der Waals surface area contributed by atoms with Gasteiger partial charge in [-0.25, -0.2) is 0 Å². The summed E-state index contributed by atoms with van der Waals surface area (Å²) in [6, 6.07) is 0.558. The highest BCUT2D eigenvalue weighted by Gasteiger charge is 2.17. The lowest BCUT2D eigenvalue weighted by molar-refractivity contribution is 0.193. The predicted molar refractivity (Wildman–Crippen MR) is 71.7 cm³/mol. The highest BCUT2D eigenvalue weighted by atomic mass is 15.1. The number of likely N-dealkylation sites (tertiary alicyclic amines) is 1. The van der Waals surface area contributed by atoms with Crippen LogP contribution in [-0.2, 0) is 0 Å². The van der Waals surface area contributed by atoms with Crippen molar-refractivity contribution in [1.29, 1.82) is 0 Å². The van der Waals surface area contributed by atoms with Gasteiger partial charge < -0.3 is 5.32 Å². The Bertz CT molecular complexity index is 203. The van der Waals surface area contributed by atoms with Gasteiger partial charge in [0.1, 0.15) is 0 Å². The number of piperidine rings is 1. The topological polar surface area (TPSA) is 15.3 Å². The minimum Gasteiger partial charge on any atom is -0.311 e. The molecule has 0 aliphatic carbocycles. The SMILES string of the molecule is C=C(CNC(C)C)CN1CCC(CC)CC1. The summed E-state index contributed by atoms with van der Waals surface area (Å²) in [5, 5.41) is 3.43. The van der Waals surface area contributed by atoms with Gasteiger partial charge in [0.05, 0.1) is 0 Å². The van der Waals surface area contributed by atoms with E-state index in [1.54, 1.807) is 0 Å². The second-order valence-corrected chi connectivity index (χ2v) is 5.41. The van der Waals surface area contributed by atoms with E-state index in [4.69, 9.17) is 0 Å². The van der Waals surface area contributed by atoms with Crippen molar-refractivity contribution < 1.29 is 0 Å². The van der Waals surface area contributed by atoms with E-state index < -0.39 is 0 Å². The molecule has 0 spiro atoms. The predicted octanol–water partition coefficient (Wildman–Crippen LogP) is 2.66. The van der Waals surface area contributed by atoms with E-state index in [9.17, 15) is 0 Å². The molecule has 1 fully saturated rings. The van der Waals surface area contributed by atoms with Crippen LogP contribution < -0.4 is 5.32 Å². The molecule has 2 heteroatoms. The molecule has 1 heterocycles. The highest BCUT2D eigenvalue weighted by molar-refractivity contribution is 5.00. The van der Waals surface area contributed by atoms with Gasteiger partial charge >= 0.3 is 0 Å². The van der Waals surface area contributed by atoms with E-state index in [0.717, 1.165) is 19.0 Å². The van der Waals surface area contributed by atoms with Gasteiger partial charge in [-0.1, -0.05) is 33.8 Å². The first kappa shape index (κ1) is 13.7. The van der Waals surface area contributed by atoms with Crippen LogP contribution in [0.4, 0.5) is 0 Å². The Labute approximate surface area is 101 Å². The Kier molecular flexibility index (Phi) is 6.07. The van der Waals surface area contributed by atoms with Crippen molar-refractivity contribution in [3.8, 4) is 0 Å². The second kappa shape index (κ2) is 7.08. The summed E-state index contributed by atoms with van der Waals surface area (Å²) in [5.74, 6) is 0.971. The molecule has 1 rings (SSSR count). The standard InChI is InChI=1S/C14H28N2/c1-5-14-6-8-16(9-7-14)11-13(4)10-15-12(2)3/h12,14-15H,4-11H2,1-3H3. The zero-order valence-electron chi connectivity index (χ0n) is 11.3. The fourth-order valence-corrected chi connectivity index (χ4v) is 2.27. The zero-order valence-corrected chi connectivity index (χ0v) is 11.3. The van der Waals surface area contributed by atoms with Crippen molar-refractivity contribution in [3.05, 3.63) is 12.2 Å². The van der Waals surface area contributed by atoms with Gasteiger partial charge in [-0.05, 0) is 37.4 Å². The monoisotopic (exact) mass is 224 g/mol. The van der Waals surface area contributed by atoms with Crippen LogP contribution in [0.15, 0.2) is 12.2 Å². The smallest absolute Gasteiger partial charge is 0.0202 e. The van der Waals surface area contributed by atoms with E-state index >= 15 is 0 Å². The van der Waals surface area contributed by atoms with Crippen LogP contribution in [0.2, 0.25) is 0 Å². The number of nitrogens with zero attached hydrogens (tertiary/aromatic N) is 1. The van der Waals surface area contributed by atoms with E-state index in [-0.39, 0.29) is 0 Å². The highest BCUT2D eigenvalue weighted by Crippen LogP contribution is 2.20. The Hall–Kier alpha value is -0.340. The van der Waals surface area contributed by atoms with Gasteiger partial charge in [-0.3, -0.25) is 4.90 Å². The molecule has 0 amide bonds. The second-order valence-electron chi connectivity index (χ2n) is 5.41. The maximum absolute atomic E-state index is 4.16. The van der Waals surface area contributed by atoms with Crippen LogP contribution in [0, 0.1) is 5.92 Å². The fraction of sp³-hybridized carbons (Fsp3) is 0.857. The molecule has 0 unspecified atom stereocenters. The van der Waals surface area contributed by atoms with Crippen LogP contribution in [-0.4, -0.2) is 37.1 Å². The molecule has 0 saturated carbocycles. The van der Waals surface area contributed by atoms with Gasteiger partial charge in [-0.15, -0.1) is 0 Å². The molecule has 0 atom stereocenters. The molecule has 1 aliphatic heterocycles. The van der Waals surface area contributed by atoms with Crippen molar-refractivity contribution in [2.45, 2.75) is 46.1 Å². The molecule has 0 bridgehead atoms. The first-order valence-electron chi connectivity index (χ1n) is 6.74. The lowest BCUT2D eigenvalue weighted by Gasteiger charge is -2.32. The van der Waals surface area contributed by atoms with Crippen LogP contribution >= 0.6 is 0 Å². The molecule has 94 valence electrons. The molecule has 16 heavy (non-hydrogen) atoms. The zero-order chi connectivity index (χ0) is 12.0. The van der Waals surface area contributed by atoms with E-state index in [0.29, 0.717) is 6.04 Å². The maximum atomic E-state index is 4.16. The number of hydrogen-bond donors (Lipinski definition) is 1. The Morgan fingerprint density at radius 2 is 2.00 bits per heavy atom. The first-order chi connectivity index (χ1) is 7.61. The molecular formula is C14H28N2. The summed E-state index contributed by atoms with van der Waals surface area (Å²) >= 11 is 0. The van der Waals surface area contributed by atoms with Crippen molar-refractivity contribution >= 4 is 0 Å². The lowest BCUT2D eigenvalue weighted by atomic mass is 9.94. The van der Waals surface area contributed by atoms with E-state index in [2.05, 4.69) is 37.6 Å². The van der Waals surface area contributed by atoms with Gasteiger partial charge in [0.2, 0.25) is 0 Å². The first-order valence-corrected chi connectivity index (χ1v) is 6.74. The summed E-state index contributed by atoms with van der Waals surface area (Å²) in [4.78, 5) is 2.55. The van der Waals surface area contributed by atoms with Crippen molar-refractivity contribution in [1.82, 2.24) is 10.2 Å². The molecule has 0 radical (unpaired) electrons. The third-order valence-corrected chi connectivity index (χ3v) is 3.49. The Balaban J connectivity index is 2.15. The fourth-order valence-electron chi connectivity index (χ4n) is 2.27. The molecule has 0 aromatic rings. The molecule has 1 aliphatic rings. The van der Waals surface area contributed by atoms with Gasteiger partial charge in [0, 0.05) is 19.1 Å². The molecule has 0 aromatic carbocycles. The Morgan fingerprint density at radius 3 is 2.50 bits per heavy atom. The summed E-state index contributed by atoms with van der Waals surface area (Å²) < 4.78 is 0. The molecule has 1 N–H and O–H groups in total. The third-order valence-electron chi connectivity index (χ3n) is 3.49. The van der Waals surface area contributed by atoms with Gasteiger partial charge in [0.25, 0.3) is 0 Å². The lowest BCUT2D eigenvalue weighted by Crippen LogP contribution is -2.36. The minimum absolute atomic E-state index is 0.558. The average molecular weight is 224 g/mol. The molecule has 1 saturated heterocycles. The van der Waals surface area contributed by atoms with Crippen LogP contribution in [0.25, 0.3) is 0 Å². The molecule has 0 aromatic heterocycles. The summed E-state index contributed by atoms with van der Waals surface area (Å²) in [7, 11) is 0. The normalized spacial score (nSPS) is 19.2. The molecular weight excluding hydrogens is 196 g/mol. The van der Waals surface area contributed by atoms with Crippen molar-refractivity contribution in [2.24, 2.45) is 5.92 Å². The average Bonchev–Trinajstić information content (AvgIpc) is 2.27. The maximum Gasteiger partial charge on any atom is 0.0202 e. The van der Waals surface area contributed by atoms with Crippen molar-refractivity contribution in [2.75, 3.05) is 26.2 Å². The quantitative estimate of drug-likeness (QED) is 0.698. The largest absolute Gasteiger partial charge is 0.311 e. The number of rotatable bonds is 6. The summed E-state index contributed by atoms with van der Waals surface area (Å²) in [6.07, 6.45) is 4.10. The summed E-state index contributed by atoms with van der Waals surface area (Å²) in [5.41, 5.74) is 1.32. The number of nitrogens with one attached hydrogen (secondary N) is 1. The van der Waals surface area contributed by atoms with Gasteiger partial charge in [-0.2, -0.15) is 0 Å². The van der Waals surface area contributed by atoms with E-state index in [1.807, 2.05) is 0 Å².